The van der Waals surface area contributed by atoms with Gasteiger partial charge in [0.1, 0.15) is 5.65 Å². The van der Waals surface area contributed by atoms with Gasteiger partial charge in [-0.3, -0.25) is 0 Å². The molecule has 152 valence electrons. The van der Waals surface area contributed by atoms with Crippen LogP contribution in [0.3, 0.4) is 0 Å². The Morgan fingerprint density at radius 2 is 2.06 bits per heavy atom. The van der Waals surface area contributed by atoms with Crippen LogP contribution in [-0.2, 0) is 13.0 Å². The standard InChI is InChI=1S/C24H20N6O/c25-14-16-3-1-4-18(13-16)28-24(31)29-21-5-2-6-22-20(21)9-12-30(22)15-17-7-10-26-23-19(17)8-11-27-23/h1-8,10-11,13H,9,12,15H2,(H,26,27)(H2,28,29,31). The number of nitrogens with zero attached hydrogens (tertiary/aromatic N) is 3. The molecule has 0 fully saturated rings. The molecule has 4 aromatic rings. The first-order valence-corrected chi connectivity index (χ1v) is 10.1. The van der Waals surface area contributed by atoms with Crippen LogP contribution in [-0.4, -0.2) is 22.5 Å². The van der Waals surface area contributed by atoms with Crippen molar-refractivity contribution in [2.45, 2.75) is 13.0 Å². The summed E-state index contributed by atoms with van der Waals surface area (Å²) in [6, 6.07) is 18.7. The van der Waals surface area contributed by atoms with Crippen LogP contribution >= 0.6 is 0 Å². The van der Waals surface area contributed by atoms with Gasteiger partial charge >= 0.3 is 6.03 Å². The molecule has 7 nitrogen and oxygen atoms in total. The quantitative estimate of drug-likeness (QED) is 0.458. The van der Waals surface area contributed by atoms with Crippen molar-refractivity contribution in [3.8, 4) is 6.07 Å². The number of pyridine rings is 1. The molecule has 0 radical (unpaired) electrons. The number of amides is 2. The van der Waals surface area contributed by atoms with Gasteiger partial charge < -0.3 is 20.5 Å². The fourth-order valence-electron chi connectivity index (χ4n) is 4.09. The van der Waals surface area contributed by atoms with E-state index in [0.29, 0.717) is 11.3 Å². The van der Waals surface area contributed by atoms with E-state index in [2.05, 4.69) is 49.8 Å². The number of rotatable bonds is 4. The lowest BCUT2D eigenvalue weighted by molar-refractivity contribution is 0.262. The van der Waals surface area contributed by atoms with E-state index in [1.807, 2.05) is 24.5 Å². The number of nitriles is 1. The summed E-state index contributed by atoms with van der Waals surface area (Å²) in [5, 5.41) is 15.9. The van der Waals surface area contributed by atoms with Crippen LogP contribution in [0, 0.1) is 11.3 Å². The summed E-state index contributed by atoms with van der Waals surface area (Å²) in [6.07, 6.45) is 4.60. The molecule has 1 aliphatic rings. The Hall–Kier alpha value is -4.31. The summed E-state index contributed by atoms with van der Waals surface area (Å²) in [5.41, 5.74) is 6.25. The molecule has 0 atom stereocenters. The van der Waals surface area contributed by atoms with E-state index in [0.717, 1.165) is 47.5 Å². The topological polar surface area (TPSA) is 96.8 Å². The van der Waals surface area contributed by atoms with Gasteiger partial charge in [-0.05, 0) is 54.4 Å². The summed E-state index contributed by atoms with van der Waals surface area (Å²) in [4.78, 5) is 22.4. The number of hydrogen-bond donors (Lipinski definition) is 3. The monoisotopic (exact) mass is 408 g/mol. The Morgan fingerprint density at radius 3 is 2.97 bits per heavy atom. The van der Waals surface area contributed by atoms with E-state index in [4.69, 9.17) is 5.26 Å². The molecule has 0 bridgehead atoms. The van der Waals surface area contributed by atoms with E-state index in [9.17, 15) is 4.79 Å². The predicted molar refractivity (Wildman–Crippen MR) is 121 cm³/mol. The molecule has 3 N–H and O–H groups in total. The van der Waals surface area contributed by atoms with Crippen molar-refractivity contribution >= 4 is 34.1 Å². The molecule has 5 rings (SSSR count). The maximum Gasteiger partial charge on any atom is 0.323 e. The third kappa shape index (κ3) is 3.67. The highest BCUT2D eigenvalue weighted by atomic mass is 16.2. The van der Waals surface area contributed by atoms with Crippen LogP contribution in [0.25, 0.3) is 11.0 Å². The summed E-state index contributed by atoms with van der Waals surface area (Å²) < 4.78 is 0. The van der Waals surface area contributed by atoms with Crippen molar-refractivity contribution in [2.24, 2.45) is 0 Å². The minimum Gasteiger partial charge on any atom is -0.367 e. The van der Waals surface area contributed by atoms with Gasteiger partial charge in [0.2, 0.25) is 0 Å². The fourth-order valence-corrected chi connectivity index (χ4v) is 4.09. The first-order valence-electron chi connectivity index (χ1n) is 10.1. The molecule has 3 heterocycles. The van der Waals surface area contributed by atoms with E-state index in [1.165, 1.54) is 5.56 Å². The van der Waals surface area contributed by atoms with Crippen molar-refractivity contribution in [3.05, 3.63) is 83.7 Å². The minimum absolute atomic E-state index is 0.329. The molecule has 0 saturated carbocycles. The highest BCUT2D eigenvalue weighted by Gasteiger charge is 2.23. The average Bonchev–Trinajstić information content (AvgIpc) is 3.42. The predicted octanol–water partition coefficient (Wildman–Crippen LogP) is 4.64. The van der Waals surface area contributed by atoms with Crippen LogP contribution in [0.2, 0.25) is 0 Å². The Morgan fingerprint density at radius 1 is 1.16 bits per heavy atom. The Bertz CT molecular complexity index is 1320. The van der Waals surface area contributed by atoms with Gasteiger partial charge in [-0.2, -0.15) is 5.26 Å². The number of carbonyl (C=O) groups is 1. The second kappa shape index (κ2) is 7.84. The van der Waals surface area contributed by atoms with E-state index >= 15 is 0 Å². The number of urea groups is 1. The van der Waals surface area contributed by atoms with Gasteiger partial charge in [0, 0.05) is 53.5 Å². The Kier molecular flexibility index (Phi) is 4.73. The molecule has 7 heteroatoms. The molecule has 0 saturated heterocycles. The van der Waals surface area contributed by atoms with Crippen molar-refractivity contribution < 1.29 is 4.79 Å². The number of fused-ring (bicyclic) bond motifs is 2. The van der Waals surface area contributed by atoms with Crippen molar-refractivity contribution in [3.63, 3.8) is 0 Å². The van der Waals surface area contributed by atoms with Gasteiger partial charge in [0.15, 0.2) is 0 Å². The zero-order valence-corrected chi connectivity index (χ0v) is 16.7. The summed E-state index contributed by atoms with van der Waals surface area (Å²) >= 11 is 0. The molecule has 2 amide bonds. The maximum atomic E-state index is 12.5. The molecule has 0 aliphatic carbocycles. The first-order chi connectivity index (χ1) is 15.2. The van der Waals surface area contributed by atoms with Crippen LogP contribution in [0.1, 0.15) is 16.7 Å². The lowest BCUT2D eigenvalue weighted by Crippen LogP contribution is -2.20. The molecular weight excluding hydrogens is 388 g/mol. The average molecular weight is 408 g/mol. The molecular formula is C24H20N6O. The lowest BCUT2D eigenvalue weighted by Gasteiger charge is -2.20. The van der Waals surface area contributed by atoms with Gasteiger partial charge in [0.05, 0.1) is 11.6 Å². The number of carbonyl (C=O) groups excluding carboxylic acids is 1. The number of aromatic amines is 1. The molecule has 2 aromatic heterocycles. The Labute approximate surface area is 179 Å². The van der Waals surface area contributed by atoms with Crippen LogP contribution in [0.5, 0.6) is 0 Å². The number of anilines is 3. The Balaban J connectivity index is 1.34. The molecule has 0 unspecified atom stereocenters. The minimum atomic E-state index is -0.329. The van der Waals surface area contributed by atoms with Gasteiger partial charge in [0.25, 0.3) is 0 Å². The van der Waals surface area contributed by atoms with Gasteiger partial charge in [-0.1, -0.05) is 12.1 Å². The van der Waals surface area contributed by atoms with E-state index in [-0.39, 0.29) is 6.03 Å². The van der Waals surface area contributed by atoms with E-state index < -0.39 is 0 Å². The number of hydrogen-bond acceptors (Lipinski definition) is 4. The summed E-state index contributed by atoms with van der Waals surface area (Å²) in [6.45, 7) is 1.66. The zero-order chi connectivity index (χ0) is 21.2. The second-order valence-electron chi connectivity index (χ2n) is 7.46. The largest absolute Gasteiger partial charge is 0.367 e. The maximum absolute atomic E-state index is 12.5. The first kappa shape index (κ1) is 18.7. The smallest absolute Gasteiger partial charge is 0.323 e. The summed E-state index contributed by atoms with van der Waals surface area (Å²) in [5.74, 6) is 0. The van der Waals surface area contributed by atoms with Gasteiger partial charge in [-0.25, -0.2) is 9.78 Å². The SMILES string of the molecule is N#Cc1cccc(NC(=O)Nc2cccc3c2CCN3Cc2ccnc3[nH]ccc23)c1. The lowest BCUT2D eigenvalue weighted by atomic mass is 10.1. The third-order valence-corrected chi connectivity index (χ3v) is 5.53. The molecule has 1 aliphatic heterocycles. The molecule has 31 heavy (non-hydrogen) atoms. The third-order valence-electron chi connectivity index (χ3n) is 5.53. The van der Waals surface area contributed by atoms with Gasteiger partial charge in [-0.15, -0.1) is 0 Å². The highest BCUT2D eigenvalue weighted by molar-refractivity contribution is 6.01. The number of aromatic nitrogens is 2. The highest BCUT2D eigenvalue weighted by Crippen LogP contribution is 2.35. The zero-order valence-electron chi connectivity index (χ0n) is 16.7. The molecule has 0 spiro atoms. The van der Waals surface area contributed by atoms with Crippen LogP contribution in [0.15, 0.2) is 67.0 Å². The van der Waals surface area contributed by atoms with E-state index in [1.54, 1.807) is 24.3 Å². The normalized spacial score (nSPS) is 12.4. The number of benzene rings is 2. The number of nitrogens with one attached hydrogen (secondary N) is 3. The number of H-pyrrole nitrogens is 1. The van der Waals surface area contributed by atoms with Crippen molar-refractivity contribution in [1.29, 1.82) is 5.26 Å². The van der Waals surface area contributed by atoms with Crippen molar-refractivity contribution in [1.82, 2.24) is 9.97 Å². The molecule has 2 aromatic carbocycles. The van der Waals surface area contributed by atoms with Crippen molar-refractivity contribution in [2.75, 3.05) is 22.1 Å². The fraction of sp³-hybridized carbons (Fsp3) is 0.125. The summed E-state index contributed by atoms with van der Waals surface area (Å²) in [7, 11) is 0. The van der Waals surface area contributed by atoms with Crippen LogP contribution < -0.4 is 15.5 Å². The second-order valence-corrected chi connectivity index (χ2v) is 7.46. The van der Waals surface area contributed by atoms with Crippen LogP contribution in [0.4, 0.5) is 21.9 Å².